The molecular formula is C30H31NO2Si. The molecule has 0 aliphatic carbocycles. The summed E-state index contributed by atoms with van der Waals surface area (Å²) in [4.78, 5) is 4.57. The predicted molar refractivity (Wildman–Crippen MR) is 142 cm³/mol. The number of ether oxygens (including phenoxy) is 2. The SMILES string of the molecule is CC(=C=C(c1ccccc1)c1ccc(C2OCCCO2)cc1)c1ccc(C#C[Si](C)(C)C)nc1. The lowest BCUT2D eigenvalue weighted by atomic mass is 9.96. The number of aromatic nitrogens is 1. The minimum atomic E-state index is -1.43. The lowest BCUT2D eigenvalue weighted by Crippen LogP contribution is -2.17. The molecule has 1 fully saturated rings. The molecule has 4 rings (SSSR count). The van der Waals surface area contributed by atoms with Gasteiger partial charge in [0.2, 0.25) is 0 Å². The Kier molecular flexibility index (Phi) is 7.62. The van der Waals surface area contributed by atoms with Gasteiger partial charge in [-0.15, -0.1) is 11.3 Å². The zero-order valence-electron chi connectivity index (χ0n) is 20.4. The van der Waals surface area contributed by atoms with Crippen LogP contribution in [0.15, 0.2) is 78.7 Å². The van der Waals surface area contributed by atoms with E-state index in [0.29, 0.717) is 0 Å². The van der Waals surface area contributed by atoms with Crippen molar-refractivity contribution in [3.8, 4) is 11.5 Å². The van der Waals surface area contributed by atoms with Gasteiger partial charge in [-0.2, -0.15) is 0 Å². The normalized spacial score (nSPS) is 14.0. The highest BCUT2D eigenvalue weighted by molar-refractivity contribution is 6.83. The number of hydrogen-bond acceptors (Lipinski definition) is 3. The van der Waals surface area contributed by atoms with E-state index < -0.39 is 8.07 Å². The molecule has 0 amide bonds. The molecule has 4 heteroatoms. The second-order valence-corrected chi connectivity index (χ2v) is 14.2. The lowest BCUT2D eigenvalue weighted by molar-refractivity contribution is -0.183. The molecule has 2 heterocycles. The van der Waals surface area contributed by atoms with Crippen molar-refractivity contribution >= 4 is 19.2 Å². The maximum atomic E-state index is 5.75. The highest BCUT2D eigenvalue weighted by Gasteiger charge is 2.17. The highest BCUT2D eigenvalue weighted by atomic mass is 28.3. The van der Waals surface area contributed by atoms with E-state index in [1.807, 2.05) is 18.3 Å². The lowest BCUT2D eigenvalue weighted by Gasteiger charge is -2.23. The number of hydrogen-bond donors (Lipinski definition) is 0. The number of pyridine rings is 1. The third-order valence-electron chi connectivity index (χ3n) is 5.44. The molecule has 1 aromatic heterocycles. The van der Waals surface area contributed by atoms with Crippen molar-refractivity contribution in [2.24, 2.45) is 0 Å². The van der Waals surface area contributed by atoms with Crippen molar-refractivity contribution in [1.82, 2.24) is 4.98 Å². The van der Waals surface area contributed by atoms with Gasteiger partial charge in [0.25, 0.3) is 0 Å². The van der Waals surface area contributed by atoms with Crippen LogP contribution in [0.3, 0.4) is 0 Å². The minimum absolute atomic E-state index is 0.280. The Bertz CT molecular complexity index is 1230. The molecular weight excluding hydrogens is 434 g/mol. The molecule has 3 nitrogen and oxygen atoms in total. The standard InChI is InChI=1S/C30H31NO2Si/c1-23(27-15-16-28(31-22-27)17-20-34(2,3)4)21-29(24-9-6-5-7-10-24)25-11-13-26(14-12-25)30-32-18-8-19-33-30/h5-7,9-16,22,30H,8,18-19H2,1-4H3. The Morgan fingerprint density at radius 3 is 2.12 bits per heavy atom. The van der Waals surface area contributed by atoms with Crippen LogP contribution in [0.25, 0.3) is 11.1 Å². The van der Waals surface area contributed by atoms with Crippen LogP contribution < -0.4 is 0 Å². The van der Waals surface area contributed by atoms with E-state index in [4.69, 9.17) is 9.47 Å². The molecule has 0 bridgehead atoms. The van der Waals surface area contributed by atoms with E-state index in [9.17, 15) is 0 Å². The maximum Gasteiger partial charge on any atom is 0.183 e. The van der Waals surface area contributed by atoms with Crippen LogP contribution in [-0.4, -0.2) is 26.3 Å². The molecule has 1 aliphatic rings. The average molecular weight is 466 g/mol. The average Bonchev–Trinajstić information content (AvgIpc) is 2.87. The summed E-state index contributed by atoms with van der Waals surface area (Å²) in [6.07, 6.45) is 2.55. The van der Waals surface area contributed by atoms with Gasteiger partial charge >= 0.3 is 0 Å². The summed E-state index contributed by atoms with van der Waals surface area (Å²) in [6, 6.07) is 22.8. The van der Waals surface area contributed by atoms with Gasteiger partial charge in [0, 0.05) is 28.5 Å². The van der Waals surface area contributed by atoms with Crippen LogP contribution in [0.5, 0.6) is 0 Å². The first-order chi connectivity index (χ1) is 16.4. The van der Waals surface area contributed by atoms with Gasteiger partial charge < -0.3 is 9.47 Å². The second-order valence-electron chi connectivity index (χ2n) is 9.47. The Labute approximate surface area is 204 Å². The summed E-state index contributed by atoms with van der Waals surface area (Å²) in [5.74, 6) is 3.22. The van der Waals surface area contributed by atoms with E-state index in [-0.39, 0.29) is 6.29 Å². The van der Waals surface area contributed by atoms with Gasteiger partial charge in [-0.05, 0) is 36.6 Å². The van der Waals surface area contributed by atoms with Crippen molar-refractivity contribution < 1.29 is 9.47 Å². The van der Waals surface area contributed by atoms with Gasteiger partial charge in [-0.1, -0.05) is 80.2 Å². The smallest absolute Gasteiger partial charge is 0.183 e. The largest absolute Gasteiger partial charge is 0.348 e. The fraction of sp³-hybridized carbons (Fsp3) is 0.267. The Morgan fingerprint density at radius 2 is 1.50 bits per heavy atom. The summed E-state index contributed by atoms with van der Waals surface area (Å²) in [6.45, 7) is 10.3. The van der Waals surface area contributed by atoms with Crippen LogP contribution >= 0.6 is 0 Å². The fourth-order valence-electron chi connectivity index (χ4n) is 3.60. The zero-order chi connectivity index (χ0) is 24.0. The summed E-state index contributed by atoms with van der Waals surface area (Å²) in [5.41, 5.74) is 14.2. The Hall–Kier alpha value is -3.19. The first-order valence-corrected chi connectivity index (χ1v) is 15.3. The summed E-state index contributed by atoms with van der Waals surface area (Å²) >= 11 is 0. The molecule has 0 unspecified atom stereocenters. The summed E-state index contributed by atoms with van der Waals surface area (Å²) < 4.78 is 11.5. The quantitative estimate of drug-likeness (QED) is 0.239. The zero-order valence-corrected chi connectivity index (χ0v) is 21.4. The summed E-state index contributed by atoms with van der Waals surface area (Å²) in [7, 11) is -1.43. The third-order valence-corrected chi connectivity index (χ3v) is 6.31. The number of benzene rings is 2. The molecule has 0 atom stereocenters. The number of nitrogens with zero attached hydrogens (tertiary/aromatic N) is 1. The molecule has 0 saturated carbocycles. The van der Waals surface area contributed by atoms with E-state index in [1.54, 1.807) is 0 Å². The van der Waals surface area contributed by atoms with E-state index in [0.717, 1.165) is 58.7 Å². The van der Waals surface area contributed by atoms with Crippen LogP contribution in [0.2, 0.25) is 19.6 Å². The highest BCUT2D eigenvalue weighted by Crippen LogP contribution is 2.28. The minimum Gasteiger partial charge on any atom is -0.348 e. The number of allylic oxidation sites excluding steroid dienone is 1. The van der Waals surface area contributed by atoms with Crippen molar-refractivity contribution in [3.05, 3.63) is 107 Å². The van der Waals surface area contributed by atoms with Crippen LogP contribution in [-0.2, 0) is 9.47 Å². The van der Waals surface area contributed by atoms with Gasteiger partial charge in [0.1, 0.15) is 13.8 Å². The molecule has 1 saturated heterocycles. The van der Waals surface area contributed by atoms with Crippen LogP contribution in [0.1, 0.15) is 47.6 Å². The molecule has 1 aliphatic heterocycles. The second kappa shape index (κ2) is 10.8. The van der Waals surface area contributed by atoms with Gasteiger partial charge in [0.15, 0.2) is 6.29 Å². The van der Waals surface area contributed by atoms with Crippen LogP contribution in [0, 0.1) is 11.5 Å². The molecule has 0 radical (unpaired) electrons. The monoisotopic (exact) mass is 465 g/mol. The Morgan fingerprint density at radius 1 is 0.853 bits per heavy atom. The maximum absolute atomic E-state index is 5.75. The molecule has 2 aromatic carbocycles. The molecule has 172 valence electrons. The summed E-state index contributed by atoms with van der Waals surface area (Å²) in [5, 5.41) is 0. The van der Waals surface area contributed by atoms with Crippen LogP contribution in [0.4, 0.5) is 0 Å². The molecule has 34 heavy (non-hydrogen) atoms. The van der Waals surface area contributed by atoms with Gasteiger partial charge in [-0.25, -0.2) is 4.98 Å². The van der Waals surface area contributed by atoms with Gasteiger partial charge in [0.05, 0.1) is 13.2 Å². The first-order valence-electron chi connectivity index (χ1n) is 11.8. The molecule has 0 N–H and O–H groups in total. The van der Waals surface area contributed by atoms with E-state index in [1.165, 1.54) is 0 Å². The molecule has 3 aromatic rings. The molecule has 0 spiro atoms. The predicted octanol–water partition coefficient (Wildman–Crippen LogP) is 6.88. The topological polar surface area (TPSA) is 31.4 Å². The van der Waals surface area contributed by atoms with E-state index in [2.05, 4.69) is 103 Å². The van der Waals surface area contributed by atoms with Gasteiger partial charge in [-0.3, -0.25) is 0 Å². The first kappa shape index (κ1) is 23.9. The van der Waals surface area contributed by atoms with Crippen molar-refractivity contribution in [1.29, 1.82) is 0 Å². The van der Waals surface area contributed by atoms with Crippen molar-refractivity contribution in [2.45, 2.75) is 39.3 Å². The Balaban J connectivity index is 1.69. The van der Waals surface area contributed by atoms with Crippen molar-refractivity contribution in [3.63, 3.8) is 0 Å². The number of rotatable bonds is 4. The third kappa shape index (κ3) is 6.44. The fourth-order valence-corrected chi connectivity index (χ4v) is 4.11. The van der Waals surface area contributed by atoms with Crippen molar-refractivity contribution in [2.75, 3.05) is 13.2 Å². The van der Waals surface area contributed by atoms with E-state index >= 15 is 0 Å².